The second kappa shape index (κ2) is 11.4. The van der Waals surface area contributed by atoms with Gasteiger partial charge in [0.25, 0.3) is 0 Å². The van der Waals surface area contributed by atoms with Gasteiger partial charge in [0.15, 0.2) is 5.17 Å². The maximum Gasteiger partial charge on any atom is 0.338 e. The molecule has 4 rings (SSSR count). The molecule has 10 heteroatoms. The van der Waals surface area contributed by atoms with Crippen LogP contribution in [-0.4, -0.2) is 84.8 Å². The monoisotopic (exact) mass is 502 g/mol. The zero-order valence-corrected chi connectivity index (χ0v) is 21.1. The number of carbonyl (C=O) groups excluding carboxylic acids is 2. The minimum atomic E-state index is -0.761. The SMILES string of the molecule is CCOC(=O)C1=C(C)N=C2SC=C(CC(=O)N3CCN(CCOC)CC3)N2[C@@H]1c1ccccc1F. The average Bonchev–Trinajstić information content (AvgIpc) is 3.24. The Balaban J connectivity index is 1.57. The number of methoxy groups -OCH3 is 1. The zero-order valence-electron chi connectivity index (χ0n) is 20.3. The first-order valence-electron chi connectivity index (χ1n) is 11.8. The van der Waals surface area contributed by atoms with E-state index in [9.17, 15) is 9.59 Å². The van der Waals surface area contributed by atoms with Gasteiger partial charge in [-0.3, -0.25) is 9.69 Å². The molecule has 0 aliphatic carbocycles. The standard InChI is InChI=1S/C25H31FN4O4S/c1-4-34-24(32)22-17(2)27-25-30(23(22)19-7-5-6-8-20(19)26)18(16-35-25)15-21(31)29-11-9-28(10-12-29)13-14-33-3/h5-8,16,23H,4,9-15H2,1-3H3/t23-/m1/s1. The van der Waals surface area contributed by atoms with Crippen molar-refractivity contribution in [3.63, 3.8) is 0 Å². The second-order valence-corrected chi connectivity index (χ2v) is 9.36. The van der Waals surface area contributed by atoms with E-state index in [-0.39, 0.29) is 24.5 Å². The number of benzene rings is 1. The molecule has 1 aromatic rings. The number of fused-ring (bicyclic) bond motifs is 1. The Hall–Kier alpha value is -2.69. The molecule has 35 heavy (non-hydrogen) atoms. The number of aliphatic imine (C=N–C) groups is 1. The lowest BCUT2D eigenvalue weighted by molar-refractivity contribution is -0.139. The third kappa shape index (κ3) is 5.44. The molecule has 3 aliphatic rings. The van der Waals surface area contributed by atoms with Crippen molar-refractivity contribution in [2.45, 2.75) is 26.3 Å². The van der Waals surface area contributed by atoms with Crippen LogP contribution in [0.15, 0.2) is 51.6 Å². The van der Waals surface area contributed by atoms with Gasteiger partial charge in [0.05, 0.1) is 36.9 Å². The van der Waals surface area contributed by atoms with E-state index in [1.54, 1.807) is 39.2 Å². The van der Waals surface area contributed by atoms with E-state index in [4.69, 9.17) is 9.47 Å². The van der Waals surface area contributed by atoms with E-state index in [2.05, 4.69) is 9.89 Å². The molecule has 0 aromatic heterocycles. The highest BCUT2D eigenvalue weighted by molar-refractivity contribution is 8.16. The van der Waals surface area contributed by atoms with E-state index in [0.717, 1.165) is 19.6 Å². The summed E-state index contributed by atoms with van der Waals surface area (Å²) in [4.78, 5) is 36.8. The largest absolute Gasteiger partial charge is 0.463 e. The van der Waals surface area contributed by atoms with Crippen molar-refractivity contribution >= 4 is 28.8 Å². The van der Waals surface area contributed by atoms with Gasteiger partial charge in [0.1, 0.15) is 5.82 Å². The van der Waals surface area contributed by atoms with Gasteiger partial charge in [-0.05, 0) is 25.3 Å². The maximum absolute atomic E-state index is 15.0. The van der Waals surface area contributed by atoms with Crippen LogP contribution in [0.1, 0.15) is 31.9 Å². The number of esters is 1. The highest BCUT2D eigenvalue weighted by Gasteiger charge is 2.42. The van der Waals surface area contributed by atoms with Crippen molar-refractivity contribution in [1.82, 2.24) is 14.7 Å². The summed E-state index contributed by atoms with van der Waals surface area (Å²) in [6.45, 7) is 8.07. The Morgan fingerprint density at radius 1 is 1.20 bits per heavy atom. The van der Waals surface area contributed by atoms with Gasteiger partial charge in [0.2, 0.25) is 5.91 Å². The number of allylic oxidation sites excluding steroid dienone is 1. The molecule has 0 unspecified atom stereocenters. The molecule has 0 bridgehead atoms. The van der Waals surface area contributed by atoms with Crippen LogP contribution in [0.4, 0.5) is 4.39 Å². The summed E-state index contributed by atoms with van der Waals surface area (Å²) in [6.07, 6.45) is 0.143. The maximum atomic E-state index is 15.0. The molecular formula is C25H31FN4O4S. The first-order valence-corrected chi connectivity index (χ1v) is 12.7. The number of ether oxygens (including phenoxy) is 2. The molecule has 1 fully saturated rings. The summed E-state index contributed by atoms with van der Waals surface area (Å²) < 4.78 is 25.5. The van der Waals surface area contributed by atoms with Crippen LogP contribution in [0, 0.1) is 5.82 Å². The molecule has 3 heterocycles. The Labute approximate surface area is 209 Å². The van der Waals surface area contributed by atoms with Gasteiger partial charge >= 0.3 is 5.97 Å². The topological polar surface area (TPSA) is 74.7 Å². The summed E-state index contributed by atoms with van der Waals surface area (Å²) in [7, 11) is 1.68. The molecule has 0 saturated carbocycles. The highest BCUT2D eigenvalue weighted by Crippen LogP contribution is 2.45. The number of rotatable bonds is 8. The van der Waals surface area contributed by atoms with E-state index in [0.29, 0.717) is 41.8 Å². The first kappa shape index (κ1) is 25.4. The number of carbonyl (C=O) groups is 2. The van der Waals surface area contributed by atoms with Crippen molar-refractivity contribution < 1.29 is 23.5 Å². The Bertz CT molecular complexity index is 1070. The lowest BCUT2D eigenvalue weighted by Gasteiger charge is -2.38. The summed E-state index contributed by atoms with van der Waals surface area (Å²) in [5.74, 6) is -0.959. The highest BCUT2D eigenvalue weighted by atomic mass is 32.2. The predicted octanol–water partition coefficient (Wildman–Crippen LogP) is 3.14. The third-order valence-corrected chi connectivity index (χ3v) is 7.25. The van der Waals surface area contributed by atoms with E-state index < -0.39 is 17.8 Å². The van der Waals surface area contributed by atoms with Gasteiger partial charge < -0.3 is 19.3 Å². The fourth-order valence-corrected chi connectivity index (χ4v) is 5.50. The lowest BCUT2D eigenvalue weighted by Crippen LogP contribution is -2.49. The minimum Gasteiger partial charge on any atom is -0.463 e. The summed E-state index contributed by atoms with van der Waals surface area (Å²) in [5, 5.41) is 2.50. The molecule has 1 saturated heterocycles. The molecule has 1 atom stereocenters. The quantitative estimate of drug-likeness (QED) is 0.506. The Morgan fingerprint density at radius 2 is 1.94 bits per heavy atom. The van der Waals surface area contributed by atoms with Crippen molar-refractivity contribution in [1.29, 1.82) is 0 Å². The molecule has 0 radical (unpaired) electrons. The van der Waals surface area contributed by atoms with Crippen molar-refractivity contribution in [3.05, 3.63) is 58.0 Å². The van der Waals surface area contributed by atoms with Crippen LogP contribution in [-0.2, 0) is 19.1 Å². The smallest absolute Gasteiger partial charge is 0.338 e. The van der Waals surface area contributed by atoms with Crippen LogP contribution < -0.4 is 0 Å². The van der Waals surface area contributed by atoms with Crippen LogP contribution in [0.25, 0.3) is 0 Å². The second-order valence-electron chi connectivity index (χ2n) is 8.53. The number of nitrogens with zero attached hydrogens (tertiary/aromatic N) is 4. The van der Waals surface area contributed by atoms with Crippen LogP contribution in [0.2, 0.25) is 0 Å². The Kier molecular flexibility index (Phi) is 8.25. The summed E-state index contributed by atoms with van der Waals surface area (Å²) >= 11 is 1.38. The third-order valence-electron chi connectivity index (χ3n) is 6.36. The average molecular weight is 503 g/mol. The number of piperazine rings is 1. The van der Waals surface area contributed by atoms with Crippen LogP contribution in [0.5, 0.6) is 0 Å². The number of hydrogen-bond donors (Lipinski definition) is 0. The normalized spacial score (nSPS) is 20.5. The van der Waals surface area contributed by atoms with E-state index in [1.165, 1.54) is 17.8 Å². The van der Waals surface area contributed by atoms with Crippen LogP contribution in [0.3, 0.4) is 0 Å². The molecule has 188 valence electrons. The van der Waals surface area contributed by atoms with Gasteiger partial charge in [-0.15, -0.1) is 0 Å². The molecule has 1 aromatic carbocycles. The molecule has 0 N–H and O–H groups in total. The fourth-order valence-electron chi connectivity index (χ4n) is 4.54. The number of hydrogen-bond acceptors (Lipinski definition) is 8. The first-order chi connectivity index (χ1) is 16.9. The molecular weight excluding hydrogens is 471 g/mol. The van der Waals surface area contributed by atoms with Crippen molar-refractivity contribution in [2.75, 3.05) is 53.0 Å². The van der Waals surface area contributed by atoms with Gasteiger partial charge in [-0.25, -0.2) is 14.2 Å². The minimum absolute atomic E-state index is 0.000680. The molecule has 0 spiro atoms. The van der Waals surface area contributed by atoms with E-state index >= 15 is 4.39 Å². The molecule has 3 aliphatic heterocycles. The van der Waals surface area contributed by atoms with Crippen molar-refractivity contribution in [3.8, 4) is 0 Å². The van der Waals surface area contributed by atoms with Crippen molar-refractivity contribution in [2.24, 2.45) is 4.99 Å². The fraction of sp³-hybridized carbons (Fsp3) is 0.480. The molecule has 1 amide bonds. The summed E-state index contributed by atoms with van der Waals surface area (Å²) in [5.41, 5.74) is 1.81. The lowest BCUT2D eigenvalue weighted by atomic mass is 9.93. The van der Waals surface area contributed by atoms with Gasteiger partial charge in [-0.1, -0.05) is 30.0 Å². The van der Waals surface area contributed by atoms with Gasteiger partial charge in [-0.2, -0.15) is 0 Å². The number of amides is 1. The number of halogens is 1. The predicted molar refractivity (Wildman–Crippen MR) is 133 cm³/mol. The van der Waals surface area contributed by atoms with Crippen LogP contribution >= 0.6 is 11.8 Å². The zero-order chi connectivity index (χ0) is 24.9. The number of thioether (sulfide) groups is 1. The van der Waals surface area contributed by atoms with E-state index in [1.807, 2.05) is 15.2 Å². The Morgan fingerprint density at radius 3 is 2.63 bits per heavy atom. The van der Waals surface area contributed by atoms with Gasteiger partial charge in [0, 0.05) is 51.1 Å². The number of amidine groups is 1. The molecule has 8 nitrogen and oxygen atoms in total. The summed E-state index contributed by atoms with van der Waals surface area (Å²) in [6, 6.07) is 5.63.